The topological polar surface area (TPSA) is 32.8 Å². The van der Waals surface area contributed by atoms with Crippen LogP contribution in [-0.2, 0) is 9.53 Å². The van der Waals surface area contributed by atoms with Crippen LogP contribution < -0.4 is 0 Å². The molecular formula is C11H19F3N2O2. The number of carbonyl (C=O) groups excluding carboxylic acids is 1. The lowest BCUT2D eigenvalue weighted by Crippen LogP contribution is -2.49. The summed E-state index contributed by atoms with van der Waals surface area (Å²) in [5.41, 5.74) is 0. The molecule has 1 heterocycles. The van der Waals surface area contributed by atoms with Gasteiger partial charge in [0.05, 0.1) is 19.6 Å². The number of ether oxygens (including phenoxy) is 1. The molecule has 0 aliphatic carbocycles. The summed E-state index contributed by atoms with van der Waals surface area (Å²) in [5, 5.41) is 0. The minimum absolute atomic E-state index is 0.254. The molecule has 1 saturated heterocycles. The van der Waals surface area contributed by atoms with Gasteiger partial charge in [-0.05, 0) is 6.92 Å². The molecule has 0 unspecified atom stereocenters. The first-order chi connectivity index (χ1) is 8.40. The normalized spacial score (nSPS) is 18.9. The molecule has 0 radical (unpaired) electrons. The Balaban J connectivity index is 2.17. The highest BCUT2D eigenvalue weighted by Crippen LogP contribution is 2.17. The number of esters is 1. The van der Waals surface area contributed by atoms with Crippen LogP contribution in [0.4, 0.5) is 13.2 Å². The van der Waals surface area contributed by atoms with Gasteiger partial charge < -0.3 is 9.64 Å². The summed E-state index contributed by atoms with van der Waals surface area (Å²) in [6.45, 7) is 3.72. The van der Waals surface area contributed by atoms with Crippen LogP contribution in [0.3, 0.4) is 0 Å². The quantitative estimate of drug-likeness (QED) is 0.700. The highest BCUT2D eigenvalue weighted by molar-refractivity contribution is 5.69. The van der Waals surface area contributed by atoms with Gasteiger partial charge in [0, 0.05) is 32.7 Å². The first-order valence-electron chi connectivity index (χ1n) is 6.08. The molecular weight excluding hydrogens is 249 g/mol. The van der Waals surface area contributed by atoms with Crippen molar-refractivity contribution < 1.29 is 22.7 Å². The van der Waals surface area contributed by atoms with E-state index in [1.54, 1.807) is 6.92 Å². The van der Waals surface area contributed by atoms with Crippen LogP contribution in [0.15, 0.2) is 0 Å². The Bertz CT molecular complexity index is 264. The molecule has 1 rings (SSSR count). The molecule has 106 valence electrons. The van der Waals surface area contributed by atoms with Gasteiger partial charge in [0.1, 0.15) is 0 Å². The van der Waals surface area contributed by atoms with Crippen LogP contribution in [0.5, 0.6) is 0 Å². The molecule has 1 aliphatic rings. The third kappa shape index (κ3) is 6.20. The van der Waals surface area contributed by atoms with E-state index in [0.29, 0.717) is 45.8 Å². The van der Waals surface area contributed by atoms with Crippen LogP contribution >= 0.6 is 0 Å². The van der Waals surface area contributed by atoms with Gasteiger partial charge in [0.15, 0.2) is 0 Å². The number of carbonyl (C=O) groups is 1. The Hall–Kier alpha value is -0.820. The van der Waals surface area contributed by atoms with Crippen molar-refractivity contribution in [2.75, 3.05) is 45.9 Å². The molecule has 18 heavy (non-hydrogen) atoms. The van der Waals surface area contributed by atoms with Crippen LogP contribution in [0.25, 0.3) is 0 Å². The van der Waals surface area contributed by atoms with Crippen molar-refractivity contribution in [2.45, 2.75) is 19.5 Å². The number of hydrogen-bond acceptors (Lipinski definition) is 4. The Morgan fingerprint density at radius 3 is 2.22 bits per heavy atom. The Labute approximate surface area is 105 Å². The standard InChI is InChI=1S/C11H19F3N2O2/c1-2-18-10(17)3-4-15-5-7-16(8-6-15)9-11(12,13)14/h2-9H2,1H3. The van der Waals surface area contributed by atoms with Gasteiger partial charge in [0.25, 0.3) is 0 Å². The van der Waals surface area contributed by atoms with E-state index in [0.717, 1.165) is 0 Å². The zero-order valence-corrected chi connectivity index (χ0v) is 10.5. The summed E-state index contributed by atoms with van der Waals surface area (Å²) >= 11 is 0. The number of hydrogen-bond donors (Lipinski definition) is 0. The summed E-state index contributed by atoms with van der Waals surface area (Å²) < 4.78 is 41.3. The fraction of sp³-hybridized carbons (Fsp3) is 0.909. The average molecular weight is 268 g/mol. The van der Waals surface area contributed by atoms with Crippen LogP contribution in [0.2, 0.25) is 0 Å². The fourth-order valence-corrected chi connectivity index (χ4v) is 1.91. The maximum absolute atomic E-state index is 12.2. The summed E-state index contributed by atoms with van der Waals surface area (Å²) in [7, 11) is 0. The molecule has 0 N–H and O–H groups in total. The molecule has 4 nitrogen and oxygen atoms in total. The lowest BCUT2D eigenvalue weighted by Gasteiger charge is -2.34. The number of rotatable bonds is 5. The number of nitrogens with zero attached hydrogens (tertiary/aromatic N) is 2. The van der Waals surface area contributed by atoms with Gasteiger partial charge >= 0.3 is 12.1 Å². The van der Waals surface area contributed by atoms with Crippen LogP contribution in [-0.4, -0.2) is 67.8 Å². The second kappa shape index (κ2) is 6.94. The van der Waals surface area contributed by atoms with Gasteiger partial charge in [0.2, 0.25) is 0 Å². The SMILES string of the molecule is CCOC(=O)CCN1CCN(CC(F)(F)F)CC1. The minimum atomic E-state index is -4.13. The summed E-state index contributed by atoms with van der Waals surface area (Å²) in [6, 6.07) is 0. The lowest BCUT2D eigenvalue weighted by atomic mass is 10.3. The van der Waals surface area contributed by atoms with Crippen LogP contribution in [0, 0.1) is 0 Å². The highest BCUT2D eigenvalue weighted by Gasteiger charge is 2.32. The first kappa shape index (κ1) is 15.2. The zero-order valence-electron chi connectivity index (χ0n) is 10.5. The van der Waals surface area contributed by atoms with Gasteiger partial charge in [-0.15, -0.1) is 0 Å². The van der Waals surface area contributed by atoms with E-state index in [2.05, 4.69) is 0 Å². The molecule has 1 fully saturated rings. The van der Waals surface area contributed by atoms with Crippen molar-refractivity contribution in [2.24, 2.45) is 0 Å². The van der Waals surface area contributed by atoms with Crippen molar-refractivity contribution >= 4 is 5.97 Å². The largest absolute Gasteiger partial charge is 0.466 e. The van der Waals surface area contributed by atoms with E-state index in [-0.39, 0.29) is 5.97 Å². The maximum Gasteiger partial charge on any atom is 0.401 e. The van der Waals surface area contributed by atoms with Crippen molar-refractivity contribution in [1.82, 2.24) is 9.80 Å². The summed E-state index contributed by atoms with van der Waals surface area (Å²) in [6.07, 6.45) is -3.83. The number of alkyl halides is 3. The maximum atomic E-state index is 12.2. The van der Waals surface area contributed by atoms with Crippen molar-refractivity contribution in [1.29, 1.82) is 0 Å². The van der Waals surface area contributed by atoms with Crippen molar-refractivity contribution in [3.63, 3.8) is 0 Å². The third-order valence-electron chi connectivity index (χ3n) is 2.81. The van der Waals surface area contributed by atoms with Gasteiger partial charge in [-0.1, -0.05) is 0 Å². The van der Waals surface area contributed by atoms with E-state index in [4.69, 9.17) is 4.74 Å². The van der Waals surface area contributed by atoms with Gasteiger partial charge in [-0.3, -0.25) is 9.69 Å². The van der Waals surface area contributed by atoms with Gasteiger partial charge in [-0.25, -0.2) is 0 Å². The molecule has 7 heteroatoms. The number of halogens is 3. The monoisotopic (exact) mass is 268 g/mol. The molecule has 0 aromatic rings. The van der Waals surface area contributed by atoms with E-state index in [1.165, 1.54) is 4.90 Å². The minimum Gasteiger partial charge on any atom is -0.466 e. The highest BCUT2D eigenvalue weighted by atomic mass is 19.4. The van der Waals surface area contributed by atoms with E-state index in [1.807, 2.05) is 4.90 Å². The number of piperazine rings is 1. The molecule has 0 aromatic heterocycles. The second-order valence-corrected chi connectivity index (χ2v) is 4.29. The summed E-state index contributed by atoms with van der Waals surface area (Å²) in [5.74, 6) is -0.254. The average Bonchev–Trinajstić information content (AvgIpc) is 2.26. The van der Waals surface area contributed by atoms with Crippen LogP contribution in [0.1, 0.15) is 13.3 Å². The molecule has 0 bridgehead atoms. The predicted octanol–water partition coefficient (Wildman–Crippen LogP) is 1.12. The second-order valence-electron chi connectivity index (χ2n) is 4.29. The Morgan fingerprint density at radius 2 is 1.72 bits per heavy atom. The van der Waals surface area contributed by atoms with E-state index >= 15 is 0 Å². The van der Waals surface area contributed by atoms with E-state index in [9.17, 15) is 18.0 Å². The molecule has 0 spiro atoms. The van der Waals surface area contributed by atoms with Crippen molar-refractivity contribution in [3.05, 3.63) is 0 Å². The zero-order chi connectivity index (χ0) is 13.6. The first-order valence-corrected chi connectivity index (χ1v) is 6.08. The van der Waals surface area contributed by atoms with E-state index < -0.39 is 12.7 Å². The lowest BCUT2D eigenvalue weighted by molar-refractivity contribution is -0.149. The third-order valence-corrected chi connectivity index (χ3v) is 2.81. The molecule has 0 amide bonds. The molecule has 0 aromatic carbocycles. The fourth-order valence-electron chi connectivity index (χ4n) is 1.91. The molecule has 0 saturated carbocycles. The smallest absolute Gasteiger partial charge is 0.401 e. The molecule has 0 atom stereocenters. The Morgan fingerprint density at radius 1 is 1.17 bits per heavy atom. The molecule has 1 aliphatic heterocycles. The Kier molecular flexibility index (Phi) is 5.87. The van der Waals surface area contributed by atoms with Crippen molar-refractivity contribution in [3.8, 4) is 0 Å². The predicted molar refractivity (Wildman–Crippen MR) is 60.2 cm³/mol. The van der Waals surface area contributed by atoms with Gasteiger partial charge in [-0.2, -0.15) is 13.2 Å². The summed E-state index contributed by atoms with van der Waals surface area (Å²) in [4.78, 5) is 14.5.